The van der Waals surface area contributed by atoms with Crippen LogP contribution < -0.4 is 5.32 Å². The molecule has 2 fully saturated rings. The molecule has 1 N–H and O–H groups in total. The lowest BCUT2D eigenvalue weighted by Gasteiger charge is -2.15. The Morgan fingerprint density at radius 3 is 3.00 bits per heavy atom. The number of rotatable bonds is 2. The van der Waals surface area contributed by atoms with Crippen LogP contribution in [0.15, 0.2) is 0 Å². The molecule has 2 rings (SSSR count). The maximum absolute atomic E-state index is 3.19. The molecule has 1 aliphatic heterocycles. The van der Waals surface area contributed by atoms with E-state index in [1.807, 2.05) is 7.05 Å². The van der Waals surface area contributed by atoms with Gasteiger partial charge >= 0.3 is 0 Å². The van der Waals surface area contributed by atoms with Gasteiger partial charge in [-0.2, -0.15) is 0 Å². The minimum atomic E-state index is 0.970. The molecule has 1 saturated carbocycles. The first-order valence-corrected chi connectivity index (χ1v) is 3.80. The fourth-order valence-corrected chi connectivity index (χ4v) is 1.89. The quantitative estimate of drug-likeness (QED) is 0.571. The summed E-state index contributed by atoms with van der Waals surface area (Å²) in [7, 11) is 2.02. The Bertz CT molecular complexity index is 113. The molecular weight excluding hydrogens is 112 g/mol. The molecule has 2 unspecified atom stereocenters. The van der Waals surface area contributed by atoms with E-state index < -0.39 is 0 Å². The monoisotopic (exact) mass is 126 g/mol. The second-order valence-corrected chi connectivity index (χ2v) is 3.18. The lowest BCUT2D eigenvalue weighted by Crippen LogP contribution is -2.31. The first-order valence-electron chi connectivity index (χ1n) is 3.80. The third-order valence-corrected chi connectivity index (χ3v) is 2.50. The number of hydrogen-bond donors (Lipinski definition) is 1. The van der Waals surface area contributed by atoms with E-state index in [2.05, 4.69) is 10.2 Å². The maximum Gasteiger partial charge on any atom is 0.0480 e. The molecule has 1 aliphatic carbocycles. The van der Waals surface area contributed by atoms with Crippen LogP contribution in [0.25, 0.3) is 0 Å². The fourth-order valence-electron chi connectivity index (χ4n) is 1.89. The summed E-state index contributed by atoms with van der Waals surface area (Å²) in [6.45, 7) is 2.43. The summed E-state index contributed by atoms with van der Waals surface area (Å²) in [5.74, 6) is 1.08. The van der Waals surface area contributed by atoms with Gasteiger partial charge in [-0.1, -0.05) is 0 Å². The zero-order valence-corrected chi connectivity index (χ0v) is 5.93. The van der Waals surface area contributed by atoms with Crippen LogP contribution in [0.1, 0.15) is 12.8 Å². The van der Waals surface area contributed by atoms with Gasteiger partial charge in [0.2, 0.25) is 0 Å². The van der Waals surface area contributed by atoms with Crippen molar-refractivity contribution in [1.82, 2.24) is 10.2 Å². The summed E-state index contributed by atoms with van der Waals surface area (Å²) in [6, 6.07) is 0.970. The fraction of sp³-hybridized carbons (Fsp3) is 1.00. The van der Waals surface area contributed by atoms with Crippen molar-refractivity contribution < 1.29 is 0 Å². The summed E-state index contributed by atoms with van der Waals surface area (Å²) in [4.78, 5) is 2.55. The van der Waals surface area contributed by atoms with E-state index in [9.17, 15) is 0 Å². The number of piperidine rings is 1. The summed E-state index contributed by atoms with van der Waals surface area (Å²) >= 11 is 0. The van der Waals surface area contributed by atoms with Gasteiger partial charge in [-0.3, -0.25) is 4.90 Å². The van der Waals surface area contributed by atoms with Gasteiger partial charge in [0, 0.05) is 12.7 Å². The Morgan fingerprint density at radius 2 is 2.56 bits per heavy atom. The Morgan fingerprint density at radius 1 is 1.67 bits per heavy atom. The summed E-state index contributed by atoms with van der Waals surface area (Å²) in [5.41, 5.74) is 0. The molecule has 2 aliphatic rings. The maximum atomic E-state index is 3.19. The molecule has 0 spiro atoms. The van der Waals surface area contributed by atoms with Crippen molar-refractivity contribution in [2.45, 2.75) is 18.9 Å². The van der Waals surface area contributed by atoms with Gasteiger partial charge in [0.15, 0.2) is 0 Å². The van der Waals surface area contributed by atoms with E-state index in [1.54, 1.807) is 0 Å². The van der Waals surface area contributed by atoms with Gasteiger partial charge in [0.05, 0.1) is 0 Å². The van der Waals surface area contributed by atoms with Crippen molar-refractivity contribution >= 4 is 0 Å². The molecule has 0 amide bonds. The topological polar surface area (TPSA) is 15.3 Å². The molecule has 2 nitrogen and oxygen atoms in total. The zero-order valence-electron chi connectivity index (χ0n) is 5.93. The molecule has 0 aromatic rings. The van der Waals surface area contributed by atoms with E-state index in [-0.39, 0.29) is 0 Å². The van der Waals surface area contributed by atoms with Crippen LogP contribution in [0.3, 0.4) is 0 Å². The number of nitrogens with one attached hydrogen (secondary N) is 1. The number of nitrogens with zero attached hydrogens (tertiary/aromatic N) is 1. The Labute approximate surface area is 56.2 Å². The lowest BCUT2D eigenvalue weighted by molar-refractivity contribution is 0.284. The number of hydrogen-bond acceptors (Lipinski definition) is 2. The largest absolute Gasteiger partial charge is 0.307 e. The Hall–Kier alpha value is -0.0800. The minimum Gasteiger partial charge on any atom is -0.307 e. The number of fused-ring (bicyclic) bond motifs is 1. The first kappa shape index (κ1) is 5.69. The molecule has 1 heterocycles. The standard InChI is InChI=1S/C7H14N2/c1-8-5-9-3-2-6-4-7(6)9/h6-8H,2-5H2,1H3. The van der Waals surface area contributed by atoms with Gasteiger partial charge in [0.25, 0.3) is 0 Å². The summed E-state index contributed by atoms with van der Waals surface area (Å²) in [6.07, 6.45) is 2.92. The second kappa shape index (κ2) is 1.96. The average Bonchev–Trinajstić information content (AvgIpc) is 2.54. The molecule has 0 bridgehead atoms. The van der Waals surface area contributed by atoms with E-state index in [4.69, 9.17) is 0 Å². The van der Waals surface area contributed by atoms with Crippen molar-refractivity contribution in [3.8, 4) is 0 Å². The molecule has 0 radical (unpaired) electrons. The van der Waals surface area contributed by atoms with Crippen molar-refractivity contribution in [2.75, 3.05) is 20.3 Å². The predicted octanol–water partition coefficient (Wildman–Crippen LogP) is 0.257. The van der Waals surface area contributed by atoms with E-state index in [0.29, 0.717) is 0 Å². The van der Waals surface area contributed by atoms with Crippen molar-refractivity contribution in [3.63, 3.8) is 0 Å². The number of likely N-dealkylation sites (tertiary alicyclic amines) is 1. The predicted molar refractivity (Wildman–Crippen MR) is 37.1 cm³/mol. The molecule has 0 aromatic carbocycles. The highest BCUT2D eigenvalue weighted by atomic mass is 15.3. The Kier molecular flexibility index (Phi) is 1.24. The molecule has 2 atom stereocenters. The molecule has 1 saturated heterocycles. The third kappa shape index (κ3) is 0.864. The molecule has 52 valence electrons. The summed E-state index contributed by atoms with van der Waals surface area (Å²) < 4.78 is 0. The van der Waals surface area contributed by atoms with Crippen molar-refractivity contribution in [2.24, 2.45) is 5.92 Å². The van der Waals surface area contributed by atoms with Crippen LogP contribution in [0.4, 0.5) is 0 Å². The van der Waals surface area contributed by atoms with Crippen LogP contribution in [-0.2, 0) is 0 Å². The molecule has 9 heavy (non-hydrogen) atoms. The molecule has 2 heteroatoms. The Balaban J connectivity index is 1.84. The minimum absolute atomic E-state index is 0.970. The van der Waals surface area contributed by atoms with Crippen LogP contribution in [0.5, 0.6) is 0 Å². The van der Waals surface area contributed by atoms with Crippen LogP contribution >= 0.6 is 0 Å². The SMILES string of the molecule is CNCN1CCC2CC21. The summed E-state index contributed by atoms with van der Waals surface area (Å²) in [5, 5.41) is 3.19. The van der Waals surface area contributed by atoms with Gasteiger partial charge in [0.1, 0.15) is 0 Å². The average molecular weight is 126 g/mol. The van der Waals surface area contributed by atoms with E-state index >= 15 is 0 Å². The second-order valence-electron chi connectivity index (χ2n) is 3.18. The van der Waals surface area contributed by atoms with Gasteiger partial charge in [-0.05, 0) is 32.4 Å². The zero-order chi connectivity index (χ0) is 6.27. The van der Waals surface area contributed by atoms with Crippen LogP contribution in [-0.4, -0.2) is 31.2 Å². The normalized spacial score (nSPS) is 41.0. The molecular formula is C7H14N2. The highest BCUT2D eigenvalue weighted by Gasteiger charge is 2.46. The van der Waals surface area contributed by atoms with Crippen molar-refractivity contribution in [3.05, 3.63) is 0 Å². The third-order valence-electron chi connectivity index (χ3n) is 2.50. The van der Waals surface area contributed by atoms with Gasteiger partial charge < -0.3 is 5.32 Å². The molecule has 0 aromatic heterocycles. The highest BCUT2D eigenvalue weighted by Crippen LogP contribution is 2.43. The van der Waals surface area contributed by atoms with Crippen LogP contribution in [0.2, 0.25) is 0 Å². The lowest BCUT2D eigenvalue weighted by atomic mass is 10.3. The van der Waals surface area contributed by atoms with Gasteiger partial charge in [-0.15, -0.1) is 0 Å². The van der Waals surface area contributed by atoms with Crippen molar-refractivity contribution in [1.29, 1.82) is 0 Å². The first-order chi connectivity index (χ1) is 4.42. The highest BCUT2D eigenvalue weighted by molar-refractivity contribution is 5.00. The van der Waals surface area contributed by atoms with E-state index in [0.717, 1.165) is 18.6 Å². The van der Waals surface area contributed by atoms with Gasteiger partial charge in [-0.25, -0.2) is 0 Å². The van der Waals surface area contributed by atoms with Crippen LogP contribution in [0, 0.1) is 5.92 Å². The smallest absolute Gasteiger partial charge is 0.0480 e. The van der Waals surface area contributed by atoms with E-state index in [1.165, 1.54) is 19.4 Å².